The molecule has 148 valence electrons. The van der Waals surface area contributed by atoms with E-state index in [-0.39, 0.29) is 25.3 Å². The second kappa shape index (κ2) is 10.3. The van der Waals surface area contributed by atoms with Crippen molar-refractivity contribution in [2.45, 2.75) is 51.0 Å². The highest BCUT2D eigenvalue weighted by molar-refractivity contribution is 5.68. The van der Waals surface area contributed by atoms with Crippen LogP contribution in [0.25, 0.3) is 0 Å². The third kappa shape index (κ3) is 6.61. The molecule has 1 fully saturated rings. The summed E-state index contributed by atoms with van der Waals surface area (Å²) in [6, 6.07) is 19.1. The number of nitrogens with one attached hydrogen (secondary N) is 2. The average Bonchev–Trinajstić information content (AvgIpc) is 2.72. The summed E-state index contributed by atoms with van der Waals surface area (Å²) in [7, 11) is 0. The molecule has 0 heterocycles. The van der Waals surface area contributed by atoms with Crippen LogP contribution in [0.3, 0.4) is 0 Å². The van der Waals surface area contributed by atoms with Crippen LogP contribution in [0.5, 0.6) is 0 Å². The van der Waals surface area contributed by atoms with E-state index in [2.05, 4.69) is 10.6 Å². The Bertz CT molecular complexity index is 688. The van der Waals surface area contributed by atoms with Crippen LogP contribution < -0.4 is 10.6 Å². The van der Waals surface area contributed by atoms with E-state index < -0.39 is 12.2 Å². The molecule has 2 N–H and O–H groups in total. The van der Waals surface area contributed by atoms with Crippen molar-refractivity contribution in [1.29, 1.82) is 0 Å². The highest BCUT2D eigenvalue weighted by Crippen LogP contribution is 2.19. The Morgan fingerprint density at radius 2 is 1.18 bits per heavy atom. The third-order valence-corrected chi connectivity index (χ3v) is 4.74. The molecule has 0 aliphatic heterocycles. The van der Waals surface area contributed by atoms with Gasteiger partial charge in [0.05, 0.1) is 0 Å². The van der Waals surface area contributed by atoms with E-state index >= 15 is 0 Å². The minimum absolute atomic E-state index is 0.0172. The molecular weight excluding hydrogens is 356 g/mol. The molecule has 28 heavy (non-hydrogen) atoms. The van der Waals surface area contributed by atoms with Crippen molar-refractivity contribution in [2.24, 2.45) is 0 Å². The van der Waals surface area contributed by atoms with Gasteiger partial charge in [0, 0.05) is 12.1 Å². The summed E-state index contributed by atoms with van der Waals surface area (Å²) in [6.07, 6.45) is 2.48. The summed E-state index contributed by atoms with van der Waals surface area (Å²) in [5.74, 6) is 0. The molecule has 0 bridgehead atoms. The van der Waals surface area contributed by atoms with Crippen molar-refractivity contribution in [3.8, 4) is 0 Å². The summed E-state index contributed by atoms with van der Waals surface area (Å²) in [5.41, 5.74) is 1.89. The van der Waals surface area contributed by atoms with Gasteiger partial charge in [-0.05, 0) is 36.8 Å². The molecule has 3 rings (SSSR count). The van der Waals surface area contributed by atoms with Gasteiger partial charge >= 0.3 is 12.2 Å². The van der Waals surface area contributed by atoms with Crippen molar-refractivity contribution in [1.82, 2.24) is 10.6 Å². The van der Waals surface area contributed by atoms with Gasteiger partial charge in [-0.1, -0.05) is 60.7 Å². The SMILES string of the molecule is O=C(N[C@@H]1CCC[C@H](NC(=O)OCc2ccccc2)C1)OCc1ccccc1. The van der Waals surface area contributed by atoms with Crippen LogP contribution >= 0.6 is 0 Å². The Labute approximate surface area is 165 Å². The molecule has 1 aliphatic rings. The van der Waals surface area contributed by atoms with Gasteiger partial charge in [-0.2, -0.15) is 0 Å². The lowest BCUT2D eigenvalue weighted by Crippen LogP contribution is -2.46. The fourth-order valence-corrected chi connectivity index (χ4v) is 3.31. The molecule has 2 aromatic carbocycles. The van der Waals surface area contributed by atoms with Crippen LogP contribution in [0, 0.1) is 0 Å². The van der Waals surface area contributed by atoms with E-state index in [0.29, 0.717) is 6.42 Å². The maximum atomic E-state index is 12.0. The van der Waals surface area contributed by atoms with Gasteiger partial charge in [0.1, 0.15) is 13.2 Å². The topological polar surface area (TPSA) is 76.7 Å². The van der Waals surface area contributed by atoms with Crippen molar-refractivity contribution >= 4 is 12.2 Å². The van der Waals surface area contributed by atoms with Gasteiger partial charge in [-0.15, -0.1) is 0 Å². The quantitative estimate of drug-likeness (QED) is 0.787. The number of rotatable bonds is 6. The standard InChI is InChI=1S/C22H26N2O4/c25-21(27-15-17-8-3-1-4-9-17)23-19-12-7-13-20(14-19)24-22(26)28-16-18-10-5-2-6-11-18/h1-6,8-11,19-20H,7,12-16H2,(H,23,25)(H,24,26)/t19-,20+. The van der Waals surface area contributed by atoms with Gasteiger partial charge in [-0.3, -0.25) is 0 Å². The Morgan fingerprint density at radius 3 is 1.61 bits per heavy atom. The molecule has 1 aliphatic carbocycles. The summed E-state index contributed by atoms with van der Waals surface area (Å²) < 4.78 is 10.5. The van der Waals surface area contributed by atoms with Crippen molar-refractivity contribution in [2.75, 3.05) is 0 Å². The van der Waals surface area contributed by atoms with Crippen molar-refractivity contribution in [3.05, 3.63) is 71.8 Å². The normalized spacial score (nSPS) is 18.7. The maximum absolute atomic E-state index is 12.0. The molecular formula is C22H26N2O4. The minimum atomic E-state index is -0.429. The van der Waals surface area contributed by atoms with Crippen molar-refractivity contribution < 1.29 is 19.1 Å². The van der Waals surface area contributed by atoms with Crippen LogP contribution in [-0.4, -0.2) is 24.3 Å². The van der Waals surface area contributed by atoms with Crippen LogP contribution in [0.15, 0.2) is 60.7 Å². The monoisotopic (exact) mass is 382 g/mol. The summed E-state index contributed by atoms with van der Waals surface area (Å²) in [5, 5.41) is 5.79. The first-order valence-electron chi connectivity index (χ1n) is 9.63. The van der Waals surface area contributed by atoms with E-state index in [1.165, 1.54) is 0 Å². The Balaban J connectivity index is 1.37. The molecule has 0 radical (unpaired) electrons. The fraction of sp³-hybridized carbons (Fsp3) is 0.364. The van der Waals surface area contributed by atoms with E-state index in [4.69, 9.17) is 9.47 Å². The predicted molar refractivity (Wildman–Crippen MR) is 106 cm³/mol. The lowest BCUT2D eigenvalue weighted by Gasteiger charge is -2.29. The van der Waals surface area contributed by atoms with E-state index in [1.807, 2.05) is 60.7 Å². The van der Waals surface area contributed by atoms with E-state index in [0.717, 1.165) is 30.4 Å². The second-order valence-corrected chi connectivity index (χ2v) is 6.97. The number of hydrogen-bond acceptors (Lipinski definition) is 4. The van der Waals surface area contributed by atoms with Crippen LogP contribution in [0.2, 0.25) is 0 Å². The number of carbonyl (C=O) groups is 2. The van der Waals surface area contributed by atoms with Gasteiger partial charge in [0.2, 0.25) is 0 Å². The fourth-order valence-electron chi connectivity index (χ4n) is 3.31. The molecule has 0 aromatic heterocycles. The molecule has 6 nitrogen and oxygen atoms in total. The van der Waals surface area contributed by atoms with Crippen LogP contribution in [0.4, 0.5) is 9.59 Å². The molecule has 0 spiro atoms. The highest BCUT2D eigenvalue weighted by Gasteiger charge is 2.25. The minimum Gasteiger partial charge on any atom is -0.445 e. The van der Waals surface area contributed by atoms with Gasteiger partial charge < -0.3 is 20.1 Å². The van der Waals surface area contributed by atoms with Crippen LogP contribution in [0.1, 0.15) is 36.8 Å². The number of ether oxygens (including phenoxy) is 2. The highest BCUT2D eigenvalue weighted by atomic mass is 16.6. The largest absolute Gasteiger partial charge is 0.445 e. The molecule has 6 heteroatoms. The Kier molecular flexibility index (Phi) is 7.29. The van der Waals surface area contributed by atoms with Gasteiger partial charge in [0.15, 0.2) is 0 Å². The van der Waals surface area contributed by atoms with E-state index in [9.17, 15) is 9.59 Å². The zero-order valence-corrected chi connectivity index (χ0v) is 15.8. The predicted octanol–water partition coefficient (Wildman–Crippen LogP) is 4.15. The second-order valence-electron chi connectivity index (χ2n) is 6.97. The zero-order chi connectivity index (χ0) is 19.6. The number of benzene rings is 2. The van der Waals surface area contributed by atoms with E-state index in [1.54, 1.807) is 0 Å². The van der Waals surface area contributed by atoms with Gasteiger partial charge in [0.25, 0.3) is 0 Å². The number of alkyl carbamates (subject to hydrolysis) is 2. The zero-order valence-electron chi connectivity index (χ0n) is 15.8. The first-order chi connectivity index (χ1) is 13.7. The smallest absolute Gasteiger partial charge is 0.407 e. The van der Waals surface area contributed by atoms with Crippen molar-refractivity contribution in [3.63, 3.8) is 0 Å². The number of hydrogen-bond donors (Lipinski definition) is 2. The molecule has 0 saturated heterocycles. The Hall–Kier alpha value is -3.02. The number of amides is 2. The summed E-state index contributed by atoms with van der Waals surface area (Å²) in [4.78, 5) is 24.1. The number of carbonyl (C=O) groups excluding carboxylic acids is 2. The maximum Gasteiger partial charge on any atom is 0.407 e. The first-order valence-corrected chi connectivity index (χ1v) is 9.63. The molecule has 2 amide bonds. The molecule has 2 atom stereocenters. The van der Waals surface area contributed by atoms with Crippen LogP contribution in [-0.2, 0) is 22.7 Å². The molecule has 0 unspecified atom stereocenters. The Morgan fingerprint density at radius 1 is 0.750 bits per heavy atom. The first kappa shape index (κ1) is 19.7. The lowest BCUT2D eigenvalue weighted by atomic mass is 9.91. The average molecular weight is 382 g/mol. The summed E-state index contributed by atoms with van der Waals surface area (Å²) >= 11 is 0. The lowest BCUT2D eigenvalue weighted by molar-refractivity contribution is 0.125. The summed E-state index contributed by atoms with van der Waals surface area (Å²) in [6.45, 7) is 0.486. The molecule has 2 aromatic rings. The molecule has 1 saturated carbocycles. The van der Waals surface area contributed by atoms with Gasteiger partial charge in [-0.25, -0.2) is 9.59 Å². The third-order valence-electron chi connectivity index (χ3n) is 4.74.